The smallest absolute Gasteiger partial charge is 0.148 e. The van der Waals surface area contributed by atoms with Crippen LogP contribution >= 0.6 is 0 Å². The van der Waals surface area contributed by atoms with Gasteiger partial charge in [-0.15, -0.1) is 0 Å². The Labute approximate surface area is 53.8 Å². The van der Waals surface area contributed by atoms with Crippen LogP contribution in [0.1, 0.15) is 0 Å². The lowest BCUT2D eigenvalue weighted by atomic mass is 10.1. The van der Waals surface area contributed by atoms with Gasteiger partial charge in [0, 0.05) is 0 Å². The molecule has 9 heavy (non-hydrogen) atoms. The largest absolute Gasteiger partial charge is 0.345 e. The van der Waals surface area contributed by atoms with Gasteiger partial charge in [-0.05, 0) is 0 Å². The van der Waals surface area contributed by atoms with E-state index < -0.39 is 0 Å². The van der Waals surface area contributed by atoms with Crippen molar-refractivity contribution in [3.05, 3.63) is 24.3 Å². The van der Waals surface area contributed by atoms with Crippen molar-refractivity contribution in [1.29, 1.82) is 0 Å². The molecule has 2 aliphatic rings. The number of rotatable bonds is 0. The molecule has 2 atom stereocenters. The van der Waals surface area contributed by atoms with Crippen LogP contribution in [0.2, 0.25) is 0 Å². The molecule has 0 bridgehead atoms. The van der Waals surface area contributed by atoms with E-state index in [2.05, 4.69) is 0 Å². The van der Waals surface area contributed by atoms with Gasteiger partial charge >= 0.3 is 0 Å². The van der Waals surface area contributed by atoms with Crippen LogP contribution in [0.5, 0.6) is 0 Å². The van der Waals surface area contributed by atoms with Gasteiger partial charge in [-0.3, -0.25) is 0 Å². The van der Waals surface area contributed by atoms with E-state index in [1.807, 2.05) is 24.3 Å². The second-order valence-electron chi connectivity index (χ2n) is 2.15. The molecule has 2 heteroatoms. The van der Waals surface area contributed by atoms with Crippen LogP contribution < -0.4 is 0 Å². The fourth-order valence-electron chi connectivity index (χ4n) is 1.06. The quantitative estimate of drug-likeness (QED) is 0.476. The van der Waals surface area contributed by atoms with Gasteiger partial charge in [0.05, 0.1) is 0 Å². The Bertz CT molecular complexity index is 142. The van der Waals surface area contributed by atoms with Crippen molar-refractivity contribution in [2.45, 2.75) is 12.2 Å². The van der Waals surface area contributed by atoms with Gasteiger partial charge in [0.25, 0.3) is 0 Å². The zero-order chi connectivity index (χ0) is 6.10. The molecule has 2 nitrogen and oxygen atoms in total. The Hall–Kier alpha value is -0.600. The lowest BCUT2D eigenvalue weighted by molar-refractivity contribution is 0.0503. The van der Waals surface area contributed by atoms with Gasteiger partial charge in [0.2, 0.25) is 0 Å². The molecule has 0 aromatic carbocycles. The molecule has 2 rings (SSSR count). The van der Waals surface area contributed by atoms with Gasteiger partial charge in [0.1, 0.15) is 19.0 Å². The lowest BCUT2D eigenvalue weighted by Crippen LogP contribution is -2.18. The van der Waals surface area contributed by atoms with Crippen LogP contribution in [-0.4, -0.2) is 19.0 Å². The molecular formula is C7H8O2. The van der Waals surface area contributed by atoms with Crippen molar-refractivity contribution in [3.8, 4) is 0 Å². The van der Waals surface area contributed by atoms with E-state index in [0.717, 1.165) is 0 Å². The minimum Gasteiger partial charge on any atom is -0.345 e. The number of hydrogen-bond acceptors (Lipinski definition) is 2. The summed E-state index contributed by atoms with van der Waals surface area (Å²) in [6.45, 7) is 0.435. The molecule has 0 saturated carbocycles. The van der Waals surface area contributed by atoms with Gasteiger partial charge in [-0.25, -0.2) is 0 Å². The van der Waals surface area contributed by atoms with Crippen molar-refractivity contribution >= 4 is 0 Å². The number of hydrogen-bond donors (Lipinski definition) is 0. The van der Waals surface area contributed by atoms with E-state index in [0.29, 0.717) is 6.79 Å². The number of allylic oxidation sites excluding steroid dienone is 2. The summed E-state index contributed by atoms with van der Waals surface area (Å²) in [5, 5.41) is 0. The highest BCUT2D eigenvalue weighted by molar-refractivity contribution is 5.17. The van der Waals surface area contributed by atoms with E-state index in [-0.39, 0.29) is 12.2 Å². The zero-order valence-corrected chi connectivity index (χ0v) is 4.99. The standard InChI is InChI=1S/C7H8O2/c1-2-4-7-6(3-1)8-5-9-7/h1-4,6-7H,5H2. The van der Waals surface area contributed by atoms with E-state index in [4.69, 9.17) is 9.47 Å². The molecular weight excluding hydrogens is 116 g/mol. The van der Waals surface area contributed by atoms with Crippen molar-refractivity contribution < 1.29 is 9.47 Å². The maximum Gasteiger partial charge on any atom is 0.148 e. The predicted molar refractivity (Wildman–Crippen MR) is 32.9 cm³/mol. The summed E-state index contributed by atoms with van der Waals surface area (Å²) in [6.07, 6.45) is 8.34. The van der Waals surface area contributed by atoms with Gasteiger partial charge < -0.3 is 9.47 Å². The van der Waals surface area contributed by atoms with Crippen LogP contribution in [0.25, 0.3) is 0 Å². The monoisotopic (exact) mass is 124 g/mol. The van der Waals surface area contributed by atoms with Crippen LogP contribution in [-0.2, 0) is 9.47 Å². The van der Waals surface area contributed by atoms with Gasteiger partial charge in [-0.1, -0.05) is 24.3 Å². The first-order valence-corrected chi connectivity index (χ1v) is 3.05. The molecule has 0 N–H and O–H groups in total. The molecule has 1 aliphatic heterocycles. The minimum atomic E-state index is 0.176. The third-order valence-electron chi connectivity index (χ3n) is 1.56. The van der Waals surface area contributed by atoms with Gasteiger partial charge in [0.15, 0.2) is 0 Å². The Kier molecular flexibility index (Phi) is 1.14. The normalized spacial score (nSPS) is 39.1. The Morgan fingerprint density at radius 3 is 2.11 bits per heavy atom. The van der Waals surface area contributed by atoms with Crippen molar-refractivity contribution in [2.75, 3.05) is 6.79 Å². The SMILES string of the molecule is C1=CC2OCOC2C=C1. The summed E-state index contributed by atoms with van der Waals surface area (Å²) >= 11 is 0. The van der Waals surface area contributed by atoms with E-state index >= 15 is 0 Å². The summed E-state index contributed by atoms with van der Waals surface area (Å²) in [7, 11) is 0. The molecule has 0 amide bonds. The Morgan fingerprint density at radius 2 is 1.56 bits per heavy atom. The molecule has 0 aromatic heterocycles. The maximum absolute atomic E-state index is 5.20. The maximum atomic E-state index is 5.20. The summed E-state index contributed by atoms with van der Waals surface area (Å²) < 4.78 is 10.4. The van der Waals surface area contributed by atoms with Crippen LogP contribution in [0.15, 0.2) is 24.3 Å². The zero-order valence-electron chi connectivity index (χ0n) is 4.99. The fourth-order valence-corrected chi connectivity index (χ4v) is 1.06. The predicted octanol–water partition coefficient (Wildman–Crippen LogP) is 0.854. The van der Waals surface area contributed by atoms with E-state index in [1.54, 1.807) is 0 Å². The van der Waals surface area contributed by atoms with Crippen molar-refractivity contribution in [2.24, 2.45) is 0 Å². The first-order chi connectivity index (χ1) is 4.47. The van der Waals surface area contributed by atoms with E-state index in [9.17, 15) is 0 Å². The second kappa shape index (κ2) is 1.97. The van der Waals surface area contributed by atoms with Gasteiger partial charge in [-0.2, -0.15) is 0 Å². The van der Waals surface area contributed by atoms with Crippen LogP contribution in [0, 0.1) is 0 Å². The summed E-state index contributed by atoms with van der Waals surface area (Å²) in [5.74, 6) is 0. The topological polar surface area (TPSA) is 18.5 Å². The molecule has 0 spiro atoms. The first-order valence-electron chi connectivity index (χ1n) is 3.05. The third-order valence-corrected chi connectivity index (χ3v) is 1.56. The highest BCUT2D eigenvalue weighted by Gasteiger charge is 2.25. The first kappa shape index (κ1) is 5.21. The lowest BCUT2D eigenvalue weighted by Gasteiger charge is -2.10. The summed E-state index contributed by atoms with van der Waals surface area (Å²) in [4.78, 5) is 0. The molecule has 1 heterocycles. The summed E-state index contributed by atoms with van der Waals surface area (Å²) in [6, 6.07) is 0. The highest BCUT2D eigenvalue weighted by Crippen LogP contribution is 2.17. The second-order valence-corrected chi connectivity index (χ2v) is 2.15. The molecule has 48 valence electrons. The highest BCUT2D eigenvalue weighted by atomic mass is 16.7. The summed E-state index contributed by atoms with van der Waals surface area (Å²) in [5.41, 5.74) is 0. The Morgan fingerprint density at radius 1 is 1.00 bits per heavy atom. The molecule has 0 aromatic rings. The minimum absolute atomic E-state index is 0.176. The van der Waals surface area contributed by atoms with Crippen LogP contribution in [0.4, 0.5) is 0 Å². The fraction of sp³-hybridized carbons (Fsp3) is 0.429. The van der Waals surface area contributed by atoms with Crippen LogP contribution in [0.3, 0.4) is 0 Å². The molecule has 2 unspecified atom stereocenters. The Balaban J connectivity index is 2.18. The molecule has 0 radical (unpaired) electrons. The van der Waals surface area contributed by atoms with Crippen molar-refractivity contribution in [1.82, 2.24) is 0 Å². The number of fused-ring (bicyclic) bond motifs is 1. The molecule has 1 saturated heterocycles. The number of ether oxygens (including phenoxy) is 2. The third kappa shape index (κ3) is 0.802. The van der Waals surface area contributed by atoms with E-state index in [1.165, 1.54) is 0 Å². The molecule has 1 fully saturated rings. The average molecular weight is 124 g/mol. The molecule has 1 aliphatic carbocycles. The average Bonchev–Trinajstić information content (AvgIpc) is 2.33. The van der Waals surface area contributed by atoms with Crippen molar-refractivity contribution in [3.63, 3.8) is 0 Å².